The number of hydrogen-bond acceptors (Lipinski definition) is 5. The number of carboxylic acids is 1. The van der Waals surface area contributed by atoms with Crippen LogP contribution in [0.15, 0.2) is 35.0 Å². The maximum absolute atomic E-state index is 11.6. The number of rotatable bonds is 4. The Morgan fingerprint density at radius 2 is 2.05 bits per heavy atom. The first-order chi connectivity index (χ1) is 10.6. The number of ether oxygens (including phenoxy) is 2. The lowest BCUT2D eigenvalue weighted by Crippen LogP contribution is -2.02. The highest BCUT2D eigenvalue weighted by molar-refractivity contribution is 7.08. The minimum atomic E-state index is -1.02. The zero-order valence-electron chi connectivity index (χ0n) is 12.0. The second kappa shape index (κ2) is 5.65. The molecule has 0 fully saturated rings. The van der Waals surface area contributed by atoms with Crippen molar-refractivity contribution in [2.24, 2.45) is 0 Å². The molecule has 0 saturated heterocycles. The summed E-state index contributed by atoms with van der Waals surface area (Å²) in [6.07, 6.45) is 0. The number of nitrogens with zero attached hydrogens (tertiary/aromatic N) is 1. The Morgan fingerprint density at radius 1 is 1.23 bits per heavy atom. The molecule has 22 heavy (non-hydrogen) atoms. The van der Waals surface area contributed by atoms with Gasteiger partial charge in [0.05, 0.1) is 36.4 Å². The highest BCUT2D eigenvalue weighted by atomic mass is 32.1. The van der Waals surface area contributed by atoms with E-state index in [0.717, 1.165) is 5.56 Å². The normalized spacial score (nSPS) is 10.6. The van der Waals surface area contributed by atoms with Crippen molar-refractivity contribution in [3.05, 3.63) is 40.6 Å². The second-order valence-electron chi connectivity index (χ2n) is 4.60. The molecular weight excluding hydrogens is 302 g/mol. The van der Waals surface area contributed by atoms with Crippen molar-refractivity contribution >= 4 is 28.2 Å². The highest BCUT2D eigenvalue weighted by Gasteiger charge is 2.18. The fraction of sp³-hybridized carbons (Fsp3) is 0.125. The van der Waals surface area contributed by atoms with Crippen LogP contribution in [-0.2, 0) is 0 Å². The van der Waals surface area contributed by atoms with Crippen LogP contribution in [0.4, 0.5) is 0 Å². The zero-order valence-corrected chi connectivity index (χ0v) is 12.8. The second-order valence-corrected chi connectivity index (χ2v) is 5.38. The molecule has 1 aromatic carbocycles. The van der Waals surface area contributed by atoms with Crippen LogP contribution in [0, 0.1) is 0 Å². The molecule has 0 spiro atoms. The van der Waals surface area contributed by atoms with Crippen LogP contribution >= 0.6 is 11.3 Å². The first-order valence-electron chi connectivity index (χ1n) is 6.46. The van der Waals surface area contributed by atoms with Gasteiger partial charge < -0.3 is 14.6 Å². The van der Waals surface area contributed by atoms with E-state index in [9.17, 15) is 9.90 Å². The van der Waals surface area contributed by atoms with Crippen molar-refractivity contribution in [2.75, 3.05) is 14.2 Å². The van der Waals surface area contributed by atoms with Crippen LogP contribution in [0.25, 0.3) is 22.2 Å². The Balaban J connectivity index is 2.38. The van der Waals surface area contributed by atoms with Gasteiger partial charge >= 0.3 is 5.97 Å². The van der Waals surface area contributed by atoms with Gasteiger partial charge in [-0.3, -0.25) is 0 Å². The summed E-state index contributed by atoms with van der Waals surface area (Å²) in [6, 6.07) is 6.84. The molecule has 1 N–H and O–H groups in total. The first-order valence-corrected chi connectivity index (χ1v) is 7.41. The molecule has 0 unspecified atom stereocenters. The summed E-state index contributed by atoms with van der Waals surface area (Å²) in [4.78, 5) is 16.2. The van der Waals surface area contributed by atoms with Crippen LogP contribution in [0.1, 0.15) is 10.4 Å². The van der Waals surface area contributed by atoms with Gasteiger partial charge in [-0.25, -0.2) is 9.78 Å². The Hall–Kier alpha value is -2.60. The molecular formula is C16H13NO4S. The lowest BCUT2D eigenvalue weighted by Gasteiger charge is -2.12. The van der Waals surface area contributed by atoms with E-state index in [2.05, 4.69) is 4.98 Å². The van der Waals surface area contributed by atoms with E-state index >= 15 is 0 Å². The van der Waals surface area contributed by atoms with Gasteiger partial charge in [-0.15, -0.1) is 0 Å². The Bertz CT molecular complexity index is 843. The summed E-state index contributed by atoms with van der Waals surface area (Å²) in [5.74, 6) is -0.0286. The molecule has 3 rings (SSSR count). The van der Waals surface area contributed by atoms with E-state index in [1.165, 1.54) is 18.4 Å². The number of carbonyl (C=O) groups is 1. The highest BCUT2D eigenvalue weighted by Crippen LogP contribution is 2.35. The van der Waals surface area contributed by atoms with Gasteiger partial charge in [0.25, 0.3) is 0 Å². The first kappa shape index (κ1) is 14.3. The fourth-order valence-corrected chi connectivity index (χ4v) is 2.96. The molecule has 0 atom stereocenters. The number of hydrogen-bond donors (Lipinski definition) is 1. The molecule has 0 aliphatic heterocycles. The van der Waals surface area contributed by atoms with Gasteiger partial charge in [0.15, 0.2) is 0 Å². The van der Waals surface area contributed by atoms with E-state index in [-0.39, 0.29) is 5.56 Å². The van der Waals surface area contributed by atoms with Gasteiger partial charge in [-0.2, -0.15) is 11.3 Å². The number of aromatic nitrogens is 1. The van der Waals surface area contributed by atoms with Gasteiger partial charge in [-0.1, -0.05) is 0 Å². The molecule has 0 amide bonds. The lowest BCUT2D eigenvalue weighted by molar-refractivity contribution is 0.0698. The van der Waals surface area contributed by atoms with Crippen molar-refractivity contribution in [2.45, 2.75) is 0 Å². The van der Waals surface area contributed by atoms with Gasteiger partial charge in [0.2, 0.25) is 0 Å². The zero-order chi connectivity index (χ0) is 15.7. The van der Waals surface area contributed by atoms with Crippen LogP contribution < -0.4 is 9.47 Å². The van der Waals surface area contributed by atoms with E-state index in [0.29, 0.717) is 28.1 Å². The molecule has 112 valence electrons. The van der Waals surface area contributed by atoms with Crippen molar-refractivity contribution in [3.8, 4) is 22.8 Å². The molecule has 0 aliphatic rings. The molecule has 2 aromatic heterocycles. The number of methoxy groups -OCH3 is 2. The molecule has 5 nitrogen and oxygen atoms in total. The number of fused-ring (bicyclic) bond motifs is 1. The summed E-state index contributed by atoms with van der Waals surface area (Å²) in [5, 5.41) is 13.9. The van der Waals surface area contributed by atoms with E-state index < -0.39 is 5.97 Å². The predicted octanol–water partition coefficient (Wildman–Crippen LogP) is 3.68. The van der Waals surface area contributed by atoms with Gasteiger partial charge in [0, 0.05) is 23.1 Å². The molecule has 0 saturated carbocycles. The van der Waals surface area contributed by atoms with Crippen molar-refractivity contribution in [1.29, 1.82) is 0 Å². The quantitative estimate of drug-likeness (QED) is 0.795. The Kier molecular flexibility index (Phi) is 3.68. The van der Waals surface area contributed by atoms with Crippen LogP contribution in [0.3, 0.4) is 0 Å². The number of benzene rings is 1. The molecule has 0 radical (unpaired) electrons. The molecule has 0 bridgehead atoms. The van der Waals surface area contributed by atoms with Crippen molar-refractivity contribution in [3.63, 3.8) is 0 Å². The molecule has 2 heterocycles. The van der Waals surface area contributed by atoms with E-state index in [4.69, 9.17) is 9.47 Å². The van der Waals surface area contributed by atoms with Crippen LogP contribution in [0.2, 0.25) is 0 Å². The number of aromatic carboxylic acids is 1. The SMILES string of the molecule is COc1cc(OC)c2c(C(=O)O)cc(-c3ccsc3)nc2c1. The summed E-state index contributed by atoms with van der Waals surface area (Å²) in [5.41, 5.74) is 2.18. The standard InChI is InChI=1S/C16H13NO4S/c1-20-10-5-13-15(14(6-10)21-2)11(16(18)19)7-12(17-13)9-3-4-22-8-9/h3-8H,1-2H3,(H,18,19). The minimum Gasteiger partial charge on any atom is -0.497 e. The van der Waals surface area contributed by atoms with Gasteiger partial charge in [-0.05, 0) is 17.5 Å². The summed E-state index contributed by atoms with van der Waals surface area (Å²) < 4.78 is 10.5. The molecule has 0 aliphatic carbocycles. The van der Waals surface area contributed by atoms with E-state index in [1.807, 2.05) is 16.8 Å². The monoisotopic (exact) mass is 315 g/mol. The number of carboxylic acid groups (broad SMARTS) is 1. The predicted molar refractivity (Wildman–Crippen MR) is 85.1 cm³/mol. The number of thiophene rings is 1. The van der Waals surface area contributed by atoms with Crippen molar-refractivity contribution in [1.82, 2.24) is 4.98 Å². The third kappa shape index (κ3) is 2.37. The topological polar surface area (TPSA) is 68.7 Å². The molecule has 6 heteroatoms. The average molecular weight is 315 g/mol. The maximum atomic E-state index is 11.6. The maximum Gasteiger partial charge on any atom is 0.336 e. The summed E-state index contributed by atoms with van der Waals surface area (Å²) in [7, 11) is 3.04. The fourth-order valence-electron chi connectivity index (χ4n) is 2.31. The Labute approximate surface area is 130 Å². The minimum absolute atomic E-state index is 0.158. The average Bonchev–Trinajstić information content (AvgIpc) is 3.06. The lowest BCUT2D eigenvalue weighted by atomic mass is 10.0. The summed E-state index contributed by atoms with van der Waals surface area (Å²) in [6.45, 7) is 0. The Morgan fingerprint density at radius 3 is 2.64 bits per heavy atom. The van der Waals surface area contributed by atoms with Crippen molar-refractivity contribution < 1.29 is 19.4 Å². The van der Waals surface area contributed by atoms with E-state index in [1.54, 1.807) is 25.3 Å². The largest absolute Gasteiger partial charge is 0.497 e. The summed E-state index contributed by atoms with van der Waals surface area (Å²) >= 11 is 1.53. The molecule has 3 aromatic rings. The third-order valence-electron chi connectivity index (χ3n) is 3.35. The van der Waals surface area contributed by atoms with Crippen LogP contribution in [0.5, 0.6) is 11.5 Å². The van der Waals surface area contributed by atoms with Crippen LogP contribution in [-0.4, -0.2) is 30.3 Å². The van der Waals surface area contributed by atoms with Gasteiger partial charge in [0.1, 0.15) is 11.5 Å². The number of pyridine rings is 1. The third-order valence-corrected chi connectivity index (χ3v) is 4.03. The smallest absolute Gasteiger partial charge is 0.336 e.